The summed E-state index contributed by atoms with van der Waals surface area (Å²) in [4.78, 5) is 13.8. The van der Waals surface area contributed by atoms with Gasteiger partial charge in [-0.3, -0.25) is 4.79 Å². The summed E-state index contributed by atoms with van der Waals surface area (Å²) in [6.07, 6.45) is 3.55. The van der Waals surface area contributed by atoms with Gasteiger partial charge in [0, 0.05) is 18.1 Å². The number of carbonyl (C=O) groups excluding carboxylic acids is 1. The number of likely N-dealkylation sites (tertiary alicyclic amines) is 1. The standard InChI is InChI=1S/C13H15ClFNO/c14-11-6-10(7-12(15)9-11)8-13(17)16-4-2-1-3-5-16/h6-7,9H,1-5,8H2. The molecule has 1 heterocycles. The number of carbonyl (C=O) groups is 1. The van der Waals surface area contributed by atoms with E-state index in [4.69, 9.17) is 11.6 Å². The van der Waals surface area contributed by atoms with E-state index in [1.54, 1.807) is 6.07 Å². The molecule has 1 fully saturated rings. The fourth-order valence-corrected chi connectivity index (χ4v) is 2.39. The lowest BCUT2D eigenvalue weighted by molar-refractivity contribution is -0.131. The third-order valence-electron chi connectivity index (χ3n) is 2.99. The lowest BCUT2D eigenvalue weighted by Crippen LogP contribution is -2.36. The summed E-state index contributed by atoms with van der Waals surface area (Å²) in [7, 11) is 0. The van der Waals surface area contributed by atoms with Gasteiger partial charge in [0.05, 0.1) is 6.42 Å². The van der Waals surface area contributed by atoms with Gasteiger partial charge >= 0.3 is 0 Å². The third kappa shape index (κ3) is 3.43. The van der Waals surface area contributed by atoms with Crippen LogP contribution in [0.4, 0.5) is 4.39 Å². The van der Waals surface area contributed by atoms with Crippen molar-refractivity contribution in [2.75, 3.05) is 13.1 Å². The Morgan fingerprint density at radius 3 is 2.59 bits per heavy atom. The molecule has 0 unspecified atom stereocenters. The van der Waals surface area contributed by atoms with Crippen molar-refractivity contribution in [3.63, 3.8) is 0 Å². The Labute approximate surface area is 105 Å². The second-order valence-electron chi connectivity index (χ2n) is 4.40. The minimum Gasteiger partial charge on any atom is -0.342 e. The predicted molar refractivity (Wildman–Crippen MR) is 65.5 cm³/mol. The first-order valence-corrected chi connectivity index (χ1v) is 6.26. The molecule has 0 N–H and O–H groups in total. The van der Waals surface area contributed by atoms with Gasteiger partial charge in [0.25, 0.3) is 0 Å². The van der Waals surface area contributed by atoms with Crippen LogP contribution in [0.15, 0.2) is 18.2 Å². The van der Waals surface area contributed by atoms with Gasteiger partial charge < -0.3 is 4.90 Å². The third-order valence-corrected chi connectivity index (χ3v) is 3.20. The van der Waals surface area contributed by atoms with Crippen molar-refractivity contribution >= 4 is 17.5 Å². The summed E-state index contributed by atoms with van der Waals surface area (Å²) >= 11 is 5.75. The highest BCUT2D eigenvalue weighted by molar-refractivity contribution is 6.30. The Balaban J connectivity index is 2.01. The average Bonchev–Trinajstić information content (AvgIpc) is 2.28. The first-order valence-electron chi connectivity index (χ1n) is 5.88. The average molecular weight is 256 g/mol. The van der Waals surface area contributed by atoms with E-state index >= 15 is 0 Å². The molecule has 1 aromatic carbocycles. The van der Waals surface area contributed by atoms with Crippen LogP contribution in [0.2, 0.25) is 5.02 Å². The molecule has 2 nitrogen and oxygen atoms in total. The van der Waals surface area contributed by atoms with Crippen molar-refractivity contribution < 1.29 is 9.18 Å². The highest BCUT2D eigenvalue weighted by Gasteiger charge is 2.16. The van der Waals surface area contributed by atoms with Crippen molar-refractivity contribution in [3.8, 4) is 0 Å². The van der Waals surface area contributed by atoms with E-state index in [2.05, 4.69) is 0 Å². The molecule has 1 aliphatic rings. The molecule has 0 bridgehead atoms. The van der Waals surface area contributed by atoms with Crippen LogP contribution >= 0.6 is 11.6 Å². The van der Waals surface area contributed by atoms with Crippen LogP contribution in [0.1, 0.15) is 24.8 Å². The van der Waals surface area contributed by atoms with E-state index in [0.717, 1.165) is 25.9 Å². The normalized spacial score (nSPS) is 16.0. The summed E-state index contributed by atoms with van der Waals surface area (Å²) in [5.41, 5.74) is 0.644. The zero-order chi connectivity index (χ0) is 12.3. The fraction of sp³-hybridized carbons (Fsp3) is 0.462. The lowest BCUT2D eigenvalue weighted by atomic mass is 10.1. The van der Waals surface area contributed by atoms with E-state index in [1.165, 1.54) is 18.6 Å². The van der Waals surface area contributed by atoms with E-state index in [9.17, 15) is 9.18 Å². The second-order valence-corrected chi connectivity index (χ2v) is 4.83. The Bertz CT molecular complexity index is 396. The van der Waals surface area contributed by atoms with Crippen molar-refractivity contribution in [2.24, 2.45) is 0 Å². The first-order chi connectivity index (χ1) is 8.15. The molecule has 1 aromatic rings. The van der Waals surface area contributed by atoms with Gasteiger partial charge in [-0.2, -0.15) is 0 Å². The summed E-state index contributed by atoms with van der Waals surface area (Å²) < 4.78 is 13.1. The van der Waals surface area contributed by atoms with E-state index in [1.807, 2.05) is 4.90 Å². The molecule has 1 amide bonds. The minimum atomic E-state index is -0.390. The molecule has 2 rings (SSSR count). The maximum Gasteiger partial charge on any atom is 0.226 e. The molecule has 1 saturated heterocycles. The summed E-state index contributed by atoms with van der Waals surface area (Å²) in [6, 6.07) is 4.26. The quantitative estimate of drug-likeness (QED) is 0.796. The first kappa shape index (κ1) is 12.4. The number of amides is 1. The van der Waals surface area contributed by atoms with Crippen LogP contribution in [0.3, 0.4) is 0 Å². The summed E-state index contributed by atoms with van der Waals surface area (Å²) in [6.45, 7) is 1.64. The molecule has 0 atom stereocenters. The zero-order valence-electron chi connectivity index (χ0n) is 9.59. The highest BCUT2D eigenvalue weighted by Crippen LogP contribution is 2.16. The van der Waals surface area contributed by atoms with Gasteiger partial charge in [-0.05, 0) is 43.0 Å². The Morgan fingerprint density at radius 2 is 1.94 bits per heavy atom. The van der Waals surface area contributed by atoms with Crippen LogP contribution in [-0.2, 0) is 11.2 Å². The predicted octanol–water partition coefficient (Wildman–Crippen LogP) is 3.03. The summed E-state index contributed by atoms with van der Waals surface area (Å²) in [5.74, 6) is -0.328. The fourth-order valence-electron chi connectivity index (χ4n) is 2.14. The van der Waals surface area contributed by atoms with E-state index in [0.29, 0.717) is 10.6 Å². The smallest absolute Gasteiger partial charge is 0.226 e. The van der Waals surface area contributed by atoms with Crippen LogP contribution in [0.25, 0.3) is 0 Å². The molecular weight excluding hydrogens is 241 g/mol. The van der Waals surface area contributed by atoms with Crippen LogP contribution < -0.4 is 0 Å². The van der Waals surface area contributed by atoms with Crippen LogP contribution in [-0.4, -0.2) is 23.9 Å². The molecule has 0 spiro atoms. The summed E-state index contributed by atoms with van der Waals surface area (Å²) in [5, 5.41) is 0.339. The number of rotatable bonds is 2. The largest absolute Gasteiger partial charge is 0.342 e. The number of halogens is 2. The molecule has 0 saturated carbocycles. The Hall–Kier alpha value is -1.09. The van der Waals surface area contributed by atoms with Gasteiger partial charge in [-0.1, -0.05) is 11.6 Å². The number of hydrogen-bond donors (Lipinski definition) is 0. The van der Waals surface area contributed by atoms with Crippen LogP contribution in [0, 0.1) is 5.82 Å². The van der Waals surface area contributed by atoms with Gasteiger partial charge in [0.2, 0.25) is 5.91 Å². The molecular formula is C13H15ClFNO. The van der Waals surface area contributed by atoms with Crippen LogP contribution in [0.5, 0.6) is 0 Å². The number of piperidine rings is 1. The highest BCUT2D eigenvalue weighted by atomic mass is 35.5. The maximum absolute atomic E-state index is 13.1. The minimum absolute atomic E-state index is 0.0615. The molecule has 17 heavy (non-hydrogen) atoms. The van der Waals surface area contributed by atoms with E-state index in [-0.39, 0.29) is 18.1 Å². The Morgan fingerprint density at radius 1 is 1.24 bits per heavy atom. The Kier molecular flexibility index (Phi) is 4.00. The maximum atomic E-state index is 13.1. The van der Waals surface area contributed by atoms with Gasteiger partial charge in [-0.25, -0.2) is 4.39 Å². The topological polar surface area (TPSA) is 20.3 Å². The molecule has 1 aliphatic heterocycles. The SMILES string of the molecule is O=C(Cc1cc(F)cc(Cl)c1)N1CCCCC1. The van der Waals surface area contributed by atoms with Crippen molar-refractivity contribution in [1.82, 2.24) is 4.90 Å². The van der Waals surface area contributed by atoms with Crippen molar-refractivity contribution in [1.29, 1.82) is 0 Å². The number of benzene rings is 1. The van der Waals surface area contributed by atoms with Crippen molar-refractivity contribution in [3.05, 3.63) is 34.6 Å². The molecule has 92 valence electrons. The van der Waals surface area contributed by atoms with Gasteiger partial charge in [0.15, 0.2) is 0 Å². The number of hydrogen-bond acceptors (Lipinski definition) is 1. The zero-order valence-corrected chi connectivity index (χ0v) is 10.3. The molecule has 0 aliphatic carbocycles. The lowest BCUT2D eigenvalue weighted by Gasteiger charge is -2.26. The second kappa shape index (κ2) is 5.50. The number of nitrogens with zero attached hydrogens (tertiary/aromatic N) is 1. The van der Waals surface area contributed by atoms with Gasteiger partial charge in [-0.15, -0.1) is 0 Å². The molecule has 0 aromatic heterocycles. The van der Waals surface area contributed by atoms with Crippen molar-refractivity contribution in [2.45, 2.75) is 25.7 Å². The monoisotopic (exact) mass is 255 g/mol. The van der Waals surface area contributed by atoms with Gasteiger partial charge in [0.1, 0.15) is 5.82 Å². The van der Waals surface area contributed by atoms with E-state index < -0.39 is 0 Å². The molecule has 0 radical (unpaired) electrons. The molecule has 4 heteroatoms.